The molecule has 1 aromatic carbocycles. The molecule has 0 atom stereocenters. The third-order valence-corrected chi connectivity index (χ3v) is 3.36. The van der Waals surface area contributed by atoms with E-state index in [-0.39, 0.29) is 5.97 Å². The Balaban J connectivity index is 2.24. The molecule has 0 amide bonds. The molecular weight excluding hydrogens is 252 g/mol. The van der Waals surface area contributed by atoms with E-state index in [9.17, 15) is 4.79 Å². The number of carbonyl (C=O) groups is 1. The molecule has 1 aromatic heterocycles. The Morgan fingerprint density at radius 3 is 2.85 bits per heavy atom. The lowest BCUT2D eigenvalue weighted by Crippen LogP contribution is -2.22. The predicted molar refractivity (Wildman–Crippen MR) is 80.5 cm³/mol. The fourth-order valence-corrected chi connectivity index (χ4v) is 2.30. The topological polar surface area (TPSA) is 43.3 Å². The third kappa shape index (κ3) is 3.39. The number of para-hydroxylation sites is 1. The lowest BCUT2D eigenvalue weighted by atomic mass is 10.1. The lowest BCUT2D eigenvalue weighted by molar-refractivity contribution is -0.140. The fourth-order valence-electron chi connectivity index (χ4n) is 2.30. The lowest BCUT2D eigenvalue weighted by Gasteiger charge is -2.12. The summed E-state index contributed by atoms with van der Waals surface area (Å²) in [4.78, 5) is 11.3. The van der Waals surface area contributed by atoms with E-state index < -0.39 is 0 Å². The van der Waals surface area contributed by atoms with Gasteiger partial charge in [-0.05, 0) is 17.0 Å². The van der Waals surface area contributed by atoms with E-state index in [0.717, 1.165) is 6.54 Å². The van der Waals surface area contributed by atoms with Crippen LogP contribution in [-0.2, 0) is 22.6 Å². The van der Waals surface area contributed by atoms with Crippen LogP contribution in [0.15, 0.2) is 30.5 Å². The number of carbonyl (C=O) groups excluding carboxylic acids is 1. The van der Waals surface area contributed by atoms with Crippen LogP contribution in [-0.4, -0.2) is 23.7 Å². The van der Waals surface area contributed by atoms with Gasteiger partial charge < -0.3 is 14.6 Å². The number of methoxy groups -OCH3 is 1. The molecule has 0 aliphatic heterocycles. The van der Waals surface area contributed by atoms with Crippen molar-refractivity contribution in [3.05, 3.63) is 36.0 Å². The summed E-state index contributed by atoms with van der Waals surface area (Å²) < 4.78 is 6.83. The zero-order valence-corrected chi connectivity index (χ0v) is 12.3. The van der Waals surface area contributed by atoms with Gasteiger partial charge in [0.2, 0.25) is 0 Å². The maximum Gasteiger partial charge on any atom is 0.307 e. The van der Waals surface area contributed by atoms with Crippen molar-refractivity contribution in [1.29, 1.82) is 0 Å². The SMILES string of the molecule is COC(=O)CCn1ccc2cccc(CNC(C)C)c21. The van der Waals surface area contributed by atoms with Crippen molar-refractivity contribution < 1.29 is 9.53 Å². The van der Waals surface area contributed by atoms with Gasteiger partial charge >= 0.3 is 5.97 Å². The number of aromatic nitrogens is 1. The first kappa shape index (κ1) is 14.6. The van der Waals surface area contributed by atoms with E-state index in [1.165, 1.54) is 23.6 Å². The normalized spacial score (nSPS) is 11.2. The van der Waals surface area contributed by atoms with Crippen molar-refractivity contribution in [3.63, 3.8) is 0 Å². The number of rotatable bonds is 6. The molecule has 4 nitrogen and oxygen atoms in total. The zero-order chi connectivity index (χ0) is 14.5. The molecule has 0 aliphatic rings. The molecule has 4 heteroatoms. The van der Waals surface area contributed by atoms with Gasteiger partial charge in [-0.15, -0.1) is 0 Å². The van der Waals surface area contributed by atoms with Gasteiger partial charge in [-0.2, -0.15) is 0 Å². The molecule has 0 fully saturated rings. The molecular formula is C16H22N2O2. The van der Waals surface area contributed by atoms with Crippen molar-refractivity contribution in [2.75, 3.05) is 7.11 Å². The quantitative estimate of drug-likeness (QED) is 0.824. The number of ether oxygens (including phenoxy) is 1. The highest BCUT2D eigenvalue weighted by molar-refractivity contribution is 5.83. The van der Waals surface area contributed by atoms with Gasteiger partial charge in [0.05, 0.1) is 19.0 Å². The second-order valence-electron chi connectivity index (χ2n) is 5.23. The maximum atomic E-state index is 11.3. The van der Waals surface area contributed by atoms with Crippen LogP contribution in [0.4, 0.5) is 0 Å². The summed E-state index contributed by atoms with van der Waals surface area (Å²) in [6, 6.07) is 8.84. The van der Waals surface area contributed by atoms with Gasteiger partial charge in [-0.3, -0.25) is 4.79 Å². The summed E-state index contributed by atoms with van der Waals surface area (Å²) in [6.45, 7) is 5.75. The molecule has 0 radical (unpaired) electrons. The smallest absolute Gasteiger partial charge is 0.307 e. The second-order valence-corrected chi connectivity index (χ2v) is 5.23. The average Bonchev–Trinajstić information content (AvgIpc) is 2.86. The second kappa shape index (κ2) is 6.57. The zero-order valence-electron chi connectivity index (χ0n) is 12.3. The highest BCUT2D eigenvalue weighted by Crippen LogP contribution is 2.21. The Labute approximate surface area is 119 Å². The molecule has 0 spiro atoms. The minimum atomic E-state index is -0.176. The van der Waals surface area contributed by atoms with E-state index in [0.29, 0.717) is 19.0 Å². The van der Waals surface area contributed by atoms with Crippen LogP contribution < -0.4 is 5.32 Å². The van der Waals surface area contributed by atoms with Gasteiger partial charge in [0.15, 0.2) is 0 Å². The van der Waals surface area contributed by atoms with Crippen LogP contribution in [0.1, 0.15) is 25.8 Å². The van der Waals surface area contributed by atoms with E-state index in [1.807, 2.05) is 6.20 Å². The van der Waals surface area contributed by atoms with E-state index in [1.54, 1.807) is 0 Å². The van der Waals surface area contributed by atoms with Crippen molar-refractivity contribution >= 4 is 16.9 Å². The summed E-state index contributed by atoms with van der Waals surface area (Å²) in [7, 11) is 1.42. The van der Waals surface area contributed by atoms with Gasteiger partial charge in [0.1, 0.15) is 0 Å². The van der Waals surface area contributed by atoms with Crippen LogP contribution in [0, 0.1) is 0 Å². The minimum Gasteiger partial charge on any atom is -0.469 e. The Morgan fingerprint density at radius 2 is 2.15 bits per heavy atom. The highest BCUT2D eigenvalue weighted by atomic mass is 16.5. The van der Waals surface area contributed by atoms with Crippen molar-refractivity contribution in [1.82, 2.24) is 9.88 Å². The van der Waals surface area contributed by atoms with Crippen LogP contribution in [0.5, 0.6) is 0 Å². The number of nitrogens with zero attached hydrogens (tertiary/aromatic N) is 1. The van der Waals surface area contributed by atoms with E-state index in [2.05, 4.69) is 48.0 Å². The molecule has 0 aliphatic carbocycles. The number of esters is 1. The molecule has 1 heterocycles. The molecule has 0 bridgehead atoms. The van der Waals surface area contributed by atoms with Gasteiger partial charge in [0, 0.05) is 25.3 Å². The first-order chi connectivity index (χ1) is 9.61. The number of benzene rings is 1. The van der Waals surface area contributed by atoms with Crippen molar-refractivity contribution in [3.8, 4) is 0 Å². The Morgan fingerprint density at radius 1 is 1.35 bits per heavy atom. The summed E-state index contributed by atoms with van der Waals surface area (Å²) in [5, 5.41) is 4.65. The largest absolute Gasteiger partial charge is 0.469 e. The number of aryl methyl sites for hydroxylation is 1. The van der Waals surface area contributed by atoms with E-state index in [4.69, 9.17) is 4.74 Å². The minimum absolute atomic E-state index is 0.176. The van der Waals surface area contributed by atoms with Gasteiger partial charge in [-0.25, -0.2) is 0 Å². The van der Waals surface area contributed by atoms with Crippen molar-refractivity contribution in [2.45, 2.75) is 39.4 Å². The molecule has 2 aromatic rings. The molecule has 0 unspecified atom stereocenters. The van der Waals surface area contributed by atoms with Crippen LogP contribution in [0.2, 0.25) is 0 Å². The molecule has 1 N–H and O–H groups in total. The summed E-state index contributed by atoms with van der Waals surface area (Å²) in [5.41, 5.74) is 2.45. The molecule has 108 valence electrons. The van der Waals surface area contributed by atoms with Crippen LogP contribution in [0.3, 0.4) is 0 Å². The monoisotopic (exact) mass is 274 g/mol. The first-order valence-electron chi connectivity index (χ1n) is 6.98. The third-order valence-electron chi connectivity index (χ3n) is 3.36. The summed E-state index contributed by atoms with van der Waals surface area (Å²) >= 11 is 0. The number of nitrogens with one attached hydrogen (secondary N) is 1. The predicted octanol–water partition coefficient (Wildman–Crippen LogP) is 2.70. The van der Waals surface area contributed by atoms with Gasteiger partial charge in [0.25, 0.3) is 0 Å². The highest BCUT2D eigenvalue weighted by Gasteiger charge is 2.08. The van der Waals surface area contributed by atoms with Crippen molar-refractivity contribution in [2.24, 2.45) is 0 Å². The van der Waals surface area contributed by atoms with Crippen LogP contribution >= 0.6 is 0 Å². The number of hydrogen-bond acceptors (Lipinski definition) is 3. The van der Waals surface area contributed by atoms with E-state index >= 15 is 0 Å². The first-order valence-corrected chi connectivity index (χ1v) is 6.98. The molecule has 2 rings (SSSR count). The average molecular weight is 274 g/mol. The molecule has 20 heavy (non-hydrogen) atoms. The standard InChI is InChI=1S/C16H22N2O2/c1-12(2)17-11-14-6-4-5-13-7-9-18(16(13)14)10-8-15(19)20-3/h4-7,9,12,17H,8,10-11H2,1-3H3. The Kier molecular flexibility index (Phi) is 4.79. The maximum absolute atomic E-state index is 11.3. The Hall–Kier alpha value is -1.81. The fraction of sp³-hybridized carbons (Fsp3) is 0.438. The number of fused-ring (bicyclic) bond motifs is 1. The van der Waals surface area contributed by atoms with Crippen LogP contribution in [0.25, 0.3) is 10.9 Å². The summed E-state index contributed by atoms with van der Waals surface area (Å²) in [6.07, 6.45) is 2.43. The summed E-state index contributed by atoms with van der Waals surface area (Å²) in [5.74, 6) is -0.176. The Bertz CT molecular complexity index is 587. The molecule has 0 saturated heterocycles. The molecule has 0 saturated carbocycles. The number of hydrogen-bond donors (Lipinski definition) is 1. The van der Waals surface area contributed by atoms with Gasteiger partial charge in [-0.1, -0.05) is 32.0 Å².